The molecule has 3 rings (SSSR count). The van der Waals surface area contributed by atoms with Gasteiger partial charge < -0.3 is 9.05 Å². The normalized spacial score (nSPS) is 11.6. The molecule has 1 aromatic carbocycles. The first-order valence-corrected chi connectivity index (χ1v) is 5.91. The maximum absolute atomic E-state index is 12.4. The predicted octanol–water partition coefficient (Wildman–Crippen LogP) is 2.97. The molecule has 2 aromatic heterocycles. The lowest BCUT2D eigenvalue weighted by Gasteiger charge is -1.99. The van der Waals surface area contributed by atoms with Crippen molar-refractivity contribution in [2.24, 2.45) is 0 Å². The Hall–Kier alpha value is -2.97. The minimum Gasteiger partial charge on any atom is -0.364 e. The Bertz CT molecular complexity index is 792. The standard InChI is InChI=1S/C13H6F3N3O3/c14-13(15,16)12-17-11(19-22-12)8-3-1-7(2-4-8)10(20)9-5-6-21-18-9/h1-6H. The van der Waals surface area contributed by atoms with Gasteiger partial charge in [-0.25, -0.2) is 0 Å². The topological polar surface area (TPSA) is 82.0 Å². The molecule has 0 aliphatic carbocycles. The number of alkyl halides is 3. The van der Waals surface area contributed by atoms with Crippen molar-refractivity contribution in [2.45, 2.75) is 6.18 Å². The van der Waals surface area contributed by atoms with Gasteiger partial charge in [0.25, 0.3) is 0 Å². The molecule has 0 aliphatic rings. The first-order valence-electron chi connectivity index (χ1n) is 5.91. The van der Waals surface area contributed by atoms with Crippen LogP contribution in [-0.4, -0.2) is 21.1 Å². The molecule has 0 aliphatic heterocycles. The van der Waals surface area contributed by atoms with E-state index in [0.29, 0.717) is 5.56 Å². The summed E-state index contributed by atoms with van der Waals surface area (Å²) in [5.74, 6) is -2.01. The molecular weight excluding hydrogens is 303 g/mol. The second-order valence-corrected chi connectivity index (χ2v) is 4.21. The fourth-order valence-corrected chi connectivity index (χ4v) is 1.70. The monoisotopic (exact) mass is 309 g/mol. The molecule has 0 amide bonds. The van der Waals surface area contributed by atoms with Crippen LogP contribution in [0.3, 0.4) is 0 Å². The van der Waals surface area contributed by atoms with E-state index in [-0.39, 0.29) is 22.9 Å². The number of hydrogen-bond donors (Lipinski definition) is 0. The van der Waals surface area contributed by atoms with E-state index < -0.39 is 12.1 Å². The van der Waals surface area contributed by atoms with Crippen LogP contribution in [0.1, 0.15) is 21.9 Å². The molecule has 9 heteroatoms. The van der Waals surface area contributed by atoms with E-state index in [1.807, 2.05) is 0 Å². The number of hydrogen-bond acceptors (Lipinski definition) is 6. The van der Waals surface area contributed by atoms with Gasteiger partial charge in [0.15, 0.2) is 5.69 Å². The van der Waals surface area contributed by atoms with Gasteiger partial charge in [-0.15, -0.1) is 0 Å². The third-order valence-electron chi connectivity index (χ3n) is 2.74. The van der Waals surface area contributed by atoms with Gasteiger partial charge in [0.1, 0.15) is 6.26 Å². The fourth-order valence-electron chi connectivity index (χ4n) is 1.70. The molecule has 0 radical (unpaired) electrons. The van der Waals surface area contributed by atoms with Crippen molar-refractivity contribution in [1.82, 2.24) is 15.3 Å². The van der Waals surface area contributed by atoms with Crippen molar-refractivity contribution < 1.29 is 27.0 Å². The number of rotatable bonds is 3. The van der Waals surface area contributed by atoms with Gasteiger partial charge in [0.2, 0.25) is 11.6 Å². The summed E-state index contributed by atoms with van der Waals surface area (Å²) in [6.45, 7) is 0. The zero-order chi connectivity index (χ0) is 15.7. The lowest BCUT2D eigenvalue weighted by molar-refractivity contribution is -0.159. The number of carbonyl (C=O) groups is 1. The molecule has 22 heavy (non-hydrogen) atoms. The largest absolute Gasteiger partial charge is 0.471 e. The van der Waals surface area contributed by atoms with Crippen LogP contribution in [0.5, 0.6) is 0 Å². The van der Waals surface area contributed by atoms with Crippen LogP contribution >= 0.6 is 0 Å². The highest BCUT2D eigenvalue weighted by Gasteiger charge is 2.38. The molecule has 3 aromatic rings. The summed E-state index contributed by atoms with van der Waals surface area (Å²) in [5, 5.41) is 6.77. The van der Waals surface area contributed by atoms with Crippen molar-refractivity contribution in [2.75, 3.05) is 0 Å². The van der Waals surface area contributed by atoms with Crippen LogP contribution in [0, 0.1) is 0 Å². The van der Waals surface area contributed by atoms with E-state index >= 15 is 0 Å². The fraction of sp³-hybridized carbons (Fsp3) is 0.0769. The van der Waals surface area contributed by atoms with Crippen molar-refractivity contribution in [3.8, 4) is 11.4 Å². The lowest BCUT2D eigenvalue weighted by atomic mass is 10.1. The van der Waals surface area contributed by atoms with Crippen LogP contribution in [0.2, 0.25) is 0 Å². The Morgan fingerprint density at radius 2 is 1.77 bits per heavy atom. The van der Waals surface area contributed by atoms with Gasteiger partial charge >= 0.3 is 12.1 Å². The van der Waals surface area contributed by atoms with Crippen LogP contribution in [0.4, 0.5) is 13.2 Å². The molecule has 112 valence electrons. The molecular formula is C13H6F3N3O3. The van der Waals surface area contributed by atoms with Gasteiger partial charge in [-0.3, -0.25) is 4.79 Å². The smallest absolute Gasteiger partial charge is 0.364 e. The summed E-state index contributed by atoms with van der Waals surface area (Å²) in [5.41, 5.74) is 0.722. The highest BCUT2D eigenvalue weighted by molar-refractivity contribution is 6.07. The third-order valence-corrected chi connectivity index (χ3v) is 2.74. The van der Waals surface area contributed by atoms with Crippen LogP contribution in [0.25, 0.3) is 11.4 Å². The number of nitrogens with zero attached hydrogens (tertiary/aromatic N) is 3. The number of ketones is 1. The van der Waals surface area contributed by atoms with Crippen LogP contribution < -0.4 is 0 Å². The van der Waals surface area contributed by atoms with Crippen molar-refractivity contribution in [1.29, 1.82) is 0 Å². The second kappa shape index (κ2) is 5.10. The molecule has 0 saturated heterocycles. The average molecular weight is 309 g/mol. The summed E-state index contributed by atoms with van der Waals surface area (Å²) in [4.78, 5) is 15.2. The van der Waals surface area contributed by atoms with Crippen LogP contribution in [0.15, 0.2) is 45.6 Å². The van der Waals surface area contributed by atoms with Gasteiger partial charge in [0, 0.05) is 17.2 Å². The summed E-state index contributed by atoms with van der Waals surface area (Å²) in [6, 6.07) is 7.09. The first-order chi connectivity index (χ1) is 10.4. The van der Waals surface area contributed by atoms with E-state index in [2.05, 4.69) is 24.3 Å². The zero-order valence-corrected chi connectivity index (χ0v) is 10.7. The van der Waals surface area contributed by atoms with Crippen molar-refractivity contribution >= 4 is 5.78 Å². The van der Waals surface area contributed by atoms with Crippen molar-refractivity contribution in [3.05, 3.63) is 53.7 Å². The molecule has 0 unspecified atom stereocenters. The Labute approximate surface area is 120 Å². The Kier molecular flexibility index (Phi) is 3.24. The highest BCUT2D eigenvalue weighted by atomic mass is 19.4. The van der Waals surface area contributed by atoms with Gasteiger partial charge in [-0.05, 0) is 0 Å². The average Bonchev–Trinajstić information content (AvgIpc) is 3.17. The van der Waals surface area contributed by atoms with Crippen LogP contribution in [-0.2, 0) is 6.18 Å². The van der Waals surface area contributed by atoms with E-state index in [0.717, 1.165) is 0 Å². The second-order valence-electron chi connectivity index (χ2n) is 4.21. The summed E-state index contributed by atoms with van der Waals surface area (Å²) in [6.07, 6.45) is -3.44. The Morgan fingerprint density at radius 1 is 1.05 bits per heavy atom. The minimum absolute atomic E-state index is 0.131. The quantitative estimate of drug-likeness (QED) is 0.692. The van der Waals surface area contributed by atoms with Gasteiger partial charge in [-0.1, -0.05) is 34.6 Å². The molecule has 0 N–H and O–H groups in total. The summed E-state index contributed by atoms with van der Waals surface area (Å²) in [7, 11) is 0. The molecule has 6 nitrogen and oxygen atoms in total. The SMILES string of the molecule is O=C(c1ccc(-c2noc(C(F)(F)F)n2)cc1)c1ccon1. The molecule has 0 bridgehead atoms. The van der Waals surface area contributed by atoms with E-state index in [1.165, 1.54) is 36.6 Å². The first kappa shape index (κ1) is 14.0. The molecule has 2 heterocycles. The number of aromatic nitrogens is 3. The van der Waals surface area contributed by atoms with E-state index in [4.69, 9.17) is 0 Å². The number of benzene rings is 1. The zero-order valence-electron chi connectivity index (χ0n) is 10.7. The highest BCUT2D eigenvalue weighted by Crippen LogP contribution is 2.29. The summed E-state index contributed by atoms with van der Waals surface area (Å²) >= 11 is 0. The number of halogens is 3. The number of carbonyl (C=O) groups excluding carboxylic acids is 1. The molecule has 0 saturated carbocycles. The predicted molar refractivity (Wildman–Crippen MR) is 64.7 cm³/mol. The van der Waals surface area contributed by atoms with Crippen molar-refractivity contribution in [3.63, 3.8) is 0 Å². The maximum Gasteiger partial charge on any atom is 0.471 e. The summed E-state index contributed by atoms with van der Waals surface area (Å²) < 4.78 is 45.9. The minimum atomic E-state index is -4.70. The molecule has 0 spiro atoms. The van der Waals surface area contributed by atoms with Gasteiger partial charge in [0.05, 0.1) is 0 Å². The Morgan fingerprint density at radius 3 is 2.32 bits per heavy atom. The Balaban J connectivity index is 1.85. The third kappa shape index (κ3) is 2.60. The molecule has 0 atom stereocenters. The van der Waals surface area contributed by atoms with E-state index in [9.17, 15) is 18.0 Å². The van der Waals surface area contributed by atoms with E-state index in [1.54, 1.807) is 0 Å². The lowest BCUT2D eigenvalue weighted by Crippen LogP contribution is -2.04. The molecule has 0 fully saturated rings. The van der Waals surface area contributed by atoms with Gasteiger partial charge in [-0.2, -0.15) is 18.2 Å². The maximum atomic E-state index is 12.4.